The summed E-state index contributed by atoms with van der Waals surface area (Å²) in [5, 5.41) is 0.743. The molecule has 7 heteroatoms. The van der Waals surface area contributed by atoms with E-state index >= 15 is 0 Å². The average Bonchev–Trinajstić information content (AvgIpc) is 2.62. The Balaban J connectivity index is 2.46. The molecule has 0 bridgehead atoms. The maximum atomic E-state index is 12.2. The summed E-state index contributed by atoms with van der Waals surface area (Å²) in [6.07, 6.45) is 4.53. The quantitative estimate of drug-likeness (QED) is 0.885. The molecule has 0 radical (unpaired) electrons. The SMILES string of the molecule is CN(C)C(=O)c1sc(N2CCCCCC2)c(C(N)=O)c1N. The van der Waals surface area contributed by atoms with Crippen LogP contribution in [0.1, 0.15) is 45.7 Å². The Hall–Kier alpha value is -1.76. The molecule has 2 amide bonds. The van der Waals surface area contributed by atoms with Gasteiger partial charge in [0.05, 0.1) is 11.3 Å². The summed E-state index contributed by atoms with van der Waals surface area (Å²) >= 11 is 1.28. The molecule has 1 aliphatic rings. The first-order valence-electron chi connectivity index (χ1n) is 7.12. The average molecular weight is 310 g/mol. The first kappa shape index (κ1) is 15.6. The highest BCUT2D eigenvalue weighted by Crippen LogP contribution is 2.39. The molecular formula is C14H22N4O2S. The van der Waals surface area contributed by atoms with Crippen molar-refractivity contribution in [2.75, 3.05) is 37.8 Å². The van der Waals surface area contributed by atoms with Crippen molar-refractivity contribution in [2.45, 2.75) is 25.7 Å². The van der Waals surface area contributed by atoms with Gasteiger partial charge >= 0.3 is 0 Å². The van der Waals surface area contributed by atoms with Gasteiger partial charge in [-0.3, -0.25) is 9.59 Å². The van der Waals surface area contributed by atoms with Gasteiger partial charge in [0.15, 0.2) is 0 Å². The Morgan fingerprint density at radius 1 is 1.14 bits per heavy atom. The molecule has 0 spiro atoms. The molecule has 0 aromatic carbocycles. The van der Waals surface area contributed by atoms with Crippen molar-refractivity contribution in [3.05, 3.63) is 10.4 Å². The van der Waals surface area contributed by atoms with Crippen LogP contribution in [0.2, 0.25) is 0 Å². The number of anilines is 2. The van der Waals surface area contributed by atoms with E-state index in [0.717, 1.165) is 30.9 Å². The van der Waals surface area contributed by atoms with Crippen molar-refractivity contribution in [3.8, 4) is 0 Å². The van der Waals surface area contributed by atoms with Gasteiger partial charge in [-0.05, 0) is 12.8 Å². The van der Waals surface area contributed by atoms with Crippen LogP contribution in [-0.2, 0) is 0 Å². The number of rotatable bonds is 3. The van der Waals surface area contributed by atoms with E-state index in [1.807, 2.05) is 0 Å². The molecule has 0 unspecified atom stereocenters. The van der Waals surface area contributed by atoms with Crippen molar-refractivity contribution >= 4 is 33.8 Å². The minimum atomic E-state index is -0.569. The fourth-order valence-corrected chi connectivity index (χ4v) is 3.83. The fraction of sp³-hybridized carbons (Fsp3) is 0.571. The largest absolute Gasteiger partial charge is 0.397 e. The van der Waals surface area contributed by atoms with Gasteiger partial charge in [0, 0.05) is 27.2 Å². The number of nitrogens with zero attached hydrogens (tertiary/aromatic N) is 2. The number of nitrogen functional groups attached to an aromatic ring is 1. The molecule has 0 aliphatic carbocycles. The number of carbonyl (C=O) groups is 2. The molecular weight excluding hydrogens is 288 g/mol. The lowest BCUT2D eigenvalue weighted by Crippen LogP contribution is -2.26. The maximum Gasteiger partial charge on any atom is 0.265 e. The summed E-state index contributed by atoms with van der Waals surface area (Å²) in [5.41, 5.74) is 12.0. The van der Waals surface area contributed by atoms with Gasteiger partial charge in [0.25, 0.3) is 11.8 Å². The number of nitrogens with two attached hydrogens (primary N) is 2. The van der Waals surface area contributed by atoms with E-state index in [4.69, 9.17) is 11.5 Å². The van der Waals surface area contributed by atoms with Crippen molar-refractivity contribution in [2.24, 2.45) is 5.73 Å². The maximum absolute atomic E-state index is 12.2. The van der Waals surface area contributed by atoms with E-state index in [0.29, 0.717) is 10.4 Å². The molecule has 1 aliphatic heterocycles. The number of primary amides is 1. The standard InChI is InChI=1S/C14H22N4O2S/c1-17(2)13(20)11-10(15)9(12(16)19)14(21-11)18-7-5-3-4-6-8-18/h3-8,15H2,1-2H3,(H2,16,19). The van der Waals surface area contributed by atoms with Crippen LogP contribution in [0.15, 0.2) is 0 Å². The first-order chi connectivity index (χ1) is 9.93. The molecule has 1 saturated heterocycles. The summed E-state index contributed by atoms with van der Waals surface area (Å²) in [7, 11) is 3.33. The van der Waals surface area contributed by atoms with E-state index in [2.05, 4.69) is 4.90 Å². The van der Waals surface area contributed by atoms with Gasteiger partial charge in [-0.2, -0.15) is 0 Å². The van der Waals surface area contributed by atoms with Crippen LogP contribution in [0.3, 0.4) is 0 Å². The zero-order valence-corrected chi connectivity index (χ0v) is 13.3. The van der Waals surface area contributed by atoms with E-state index in [9.17, 15) is 9.59 Å². The van der Waals surface area contributed by atoms with E-state index in [1.54, 1.807) is 14.1 Å². The smallest absolute Gasteiger partial charge is 0.265 e. The third-order valence-corrected chi connectivity index (χ3v) is 4.92. The van der Waals surface area contributed by atoms with E-state index in [-0.39, 0.29) is 11.6 Å². The highest BCUT2D eigenvalue weighted by atomic mass is 32.1. The molecule has 6 nitrogen and oxygen atoms in total. The number of thiophene rings is 1. The van der Waals surface area contributed by atoms with Crippen LogP contribution in [0, 0.1) is 0 Å². The molecule has 2 rings (SSSR count). The summed E-state index contributed by atoms with van der Waals surface area (Å²) in [4.78, 5) is 28.0. The Morgan fingerprint density at radius 2 is 1.71 bits per heavy atom. The molecule has 1 fully saturated rings. The first-order valence-corrected chi connectivity index (χ1v) is 7.93. The van der Waals surface area contributed by atoms with Crippen molar-refractivity contribution in [1.82, 2.24) is 4.90 Å². The second kappa shape index (κ2) is 6.34. The normalized spacial score (nSPS) is 15.6. The highest BCUT2D eigenvalue weighted by molar-refractivity contribution is 7.19. The van der Waals surface area contributed by atoms with Crippen molar-refractivity contribution < 1.29 is 9.59 Å². The lowest BCUT2D eigenvalue weighted by atomic mass is 10.2. The predicted octanol–water partition coefficient (Wildman–Crippen LogP) is 1.51. The number of amides is 2. The van der Waals surface area contributed by atoms with Crippen LogP contribution >= 0.6 is 11.3 Å². The molecule has 1 aromatic rings. The molecule has 0 saturated carbocycles. The van der Waals surface area contributed by atoms with Crippen LogP contribution in [0.4, 0.5) is 10.7 Å². The molecule has 116 valence electrons. The Morgan fingerprint density at radius 3 is 2.19 bits per heavy atom. The molecule has 4 N–H and O–H groups in total. The lowest BCUT2D eigenvalue weighted by molar-refractivity contribution is 0.0833. The Bertz CT molecular complexity index is 545. The van der Waals surface area contributed by atoms with Gasteiger partial charge in [0.2, 0.25) is 0 Å². The zero-order valence-electron chi connectivity index (χ0n) is 12.5. The van der Waals surface area contributed by atoms with Gasteiger partial charge in [0.1, 0.15) is 9.88 Å². The molecule has 1 aromatic heterocycles. The lowest BCUT2D eigenvalue weighted by Gasteiger charge is -2.21. The van der Waals surface area contributed by atoms with E-state index < -0.39 is 5.91 Å². The van der Waals surface area contributed by atoms with Crippen LogP contribution in [0.5, 0.6) is 0 Å². The minimum Gasteiger partial charge on any atom is -0.397 e. The Kier molecular flexibility index (Phi) is 4.72. The topological polar surface area (TPSA) is 92.7 Å². The van der Waals surface area contributed by atoms with Crippen LogP contribution in [-0.4, -0.2) is 43.9 Å². The third kappa shape index (κ3) is 3.12. The zero-order chi connectivity index (χ0) is 15.6. The minimum absolute atomic E-state index is 0.193. The number of carbonyl (C=O) groups excluding carboxylic acids is 2. The van der Waals surface area contributed by atoms with Gasteiger partial charge in [-0.25, -0.2) is 0 Å². The summed E-state index contributed by atoms with van der Waals surface area (Å²) < 4.78 is 0. The summed E-state index contributed by atoms with van der Waals surface area (Å²) in [6.45, 7) is 1.74. The van der Waals surface area contributed by atoms with Gasteiger partial charge in [-0.15, -0.1) is 11.3 Å². The van der Waals surface area contributed by atoms with Crippen molar-refractivity contribution in [1.29, 1.82) is 0 Å². The molecule has 2 heterocycles. The van der Waals surface area contributed by atoms with Crippen LogP contribution < -0.4 is 16.4 Å². The summed E-state index contributed by atoms with van der Waals surface area (Å²) in [5.74, 6) is -0.762. The Labute approximate surface area is 128 Å². The predicted molar refractivity (Wildman–Crippen MR) is 85.9 cm³/mol. The molecule has 0 atom stereocenters. The second-order valence-corrected chi connectivity index (χ2v) is 6.49. The van der Waals surface area contributed by atoms with Crippen molar-refractivity contribution in [3.63, 3.8) is 0 Å². The van der Waals surface area contributed by atoms with Gasteiger partial charge in [-0.1, -0.05) is 12.8 Å². The summed E-state index contributed by atoms with van der Waals surface area (Å²) in [6, 6.07) is 0. The number of hydrogen-bond donors (Lipinski definition) is 2. The van der Waals surface area contributed by atoms with E-state index in [1.165, 1.54) is 29.1 Å². The van der Waals surface area contributed by atoms with Gasteiger partial charge < -0.3 is 21.3 Å². The third-order valence-electron chi connectivity index (χ3n) is 3.67. The molecule has 21 heavy (non-hydrogen) atoms. The number of hydrogen-bond acceptors (Lipinski definition) is 5. The van der Waals surface area contributed by atoms with Crippen LogP contribution in [0.25, 0.3) is 0 Å². The highest BCUT2D eigenvalue weighted by Gasteiger charge is 2.28. The monoisotopic (exact) mass is 310 g/mol. The second-order valence-electron chi connectivity index (χ2n) is 5.49. The fourth-order valence-electron chi connectivity index (χ4n) is 2.53.